The van der Waals surface area contributed by atoms with Crippen molar-refractivity contribution in [3.05, 3.63) is 205 Å². The zero-order chi connectivity index (χ0) is 33.3. The predicted octanol–water partition coefficient (Wildman–Crippen LogP) is 12.2. The molecule has 1 heterocycles. The van der Waals surface area contributed by atoms with Gasteiger partial charge in [0.15, 0.2) is 5.82 Å². The van der Waals surface area contributed by atoms with Crippen LogP contribution in [0.1, 0.15) is 22.6 Å². The highest BCUT2D eigenvalue weighted by molar-refractivity contribution is 5.84. The molecule has 0 bridgehead atoms. The SMILES string of the molecule is c1ccc(CC2c3ccccc3-c3cc(-c4ccc(-c5cccc(-c6nc(-c7ccccc7)cc(-c7ccccc7)n6)c5)cc4)ccc32)cc1. The number of hydrogen-bond donors (Lipinski definition) is 0. The first-order valence-corrected chi connectivity index (χ1v) is 17.3. The van der Waals surface area contributed by atoms with Gasteiger partial charge in [0, 0.05) is 22.6 Å². The van der Waals surface area contributed by atoms with Gasteiger partial charge in [0.05, 0.1) is 11.4 Å². The van der Waals surface area contributed by atoms with E-state index in [9.17, 15) is 0 Å². The molecule has 0 amide bonds. The fourth-order valence-corrected chi connectivity index (χ4v) is 7.34. The van der Waals surface area contributed by atoms with Gasteiger partial charge in [-0.05, 0) is 74.7 Å². The van der Waals surface area contributed by atoms with Gasteiger partial charge in [-0.1, -0.05) is 170 Å². The van der Waals surface area contributed by atoms with E-state index in [0.29, 0.717) is 11.7 Å². The van der Waals surface area contributed by atoms with Crippen molar-refractivity contribution in [2.24, 2.45) is 0 Å². The Kier molecular flexibility index (Phi) is 7.68. The van der Waals surface area contributed by atoms with Gasteiger partial charge in [-0.25, -0.2) is 9.97 Å². The molecule has 1 atom stereocenters. The molecular formula is C48H34N2. The number of aromatic nitrogens is 2. The zero-order valence-corrected chi connectivity index (χ0v) is 27.6. The summed E-state index contributed by atoms with van der Waals surface area (Å²) in [6.45, 7) is 0. The fraction of sp³-hybridized carbons (Fsp3) is 0.0417. The average Bonchev–Trinajstić information content (AvgIpc) is 3.51. The van der Waals surface area contributed by atoms with E-state index in [2.05, 4.69) is 152 Å². The molecule has 2 nitrogen and oxygen atoms in total. The second kappa shape index (κ2) is 12.9. The second-order valence-electron chi connectivity index (χ2n) is 13.0. The van der Waals surface area contributed by atoms with Crippen LogP contribution in [0.25, 0.3) is 67.3 Å². The molecule has 0 fully saturated rings. The van der Waals surface area contributed by atoms with Crippen molar-refractivity contribution in [3.63, 3.8) is 0 Å². The number of benzene rings is 7. The summed E-state index contributed by atoms with van der Waals surface area (Å²) >= 11 is 0. The molecule has 2 heteroatoms. The van der Waals surface area contributed by atoms with E-state index in [0.717, 1.165) is 45.6 Å². The lowest BCUT2D eigenvalue weighted by Gasteiger charge is -2.14. The molecule has 0 N–H and O–H groups in total. The highest BCUT2D eigenvalue weighted by Crippen LogP contribution is 2.47. The molecule has 1 aliphatic carbocycles. The monoisotopic (exact) mass is 638 g/mol. The third kappa shape index (κ3) is 5.71. The molecule has 0 saturated heterocycles. The van der Waals surface area contributed by atoms with E-state index in [4.69, 9.17) is 9.97 Å². The molecule has 0 saturated carbocycles. The minimum absolute atomic E-state index is 0.369. The van der Waals surface area contributed by atoms with Crippen molar-refractivity contribution in [2.45, 2.75) is 12.3 Å². The zero-order valence-electron chi connectivity index (χ0n) is 27.6. The Bertz CT molecular complexity index is 2380. The van der Waals surface area contributed by atoms with Crippen LogP contribution in [0, 0.1) is 0 Å². The van der Waals surface area contributed by atoms with Crippen LogP contribution in [0.2, 0.25) is 0 Å². The lowest BCUT2D eigenvalue weighted by atomic mass is 9.89. The first-order valence-electron chi connectivity index (χ1n) is 17.3. The standard InChI is InChI=1S/C48H34N2/c1-4-13-33(14-5-1)29-44-41-21-10-11-22-42(41)45-31-39(27-28-43(44)45)35-25-23-34(24-26-35)38-19-12-20-40(30-38)48-49-46(36-15-6-2-7-16-36)32-47(50-48)37-17-8-3-9-18-37/h1-28,30-32,44H,29H2. The molecule has 0 spiro atoms. The molecule has 9 rings (SSSR count). The Labute approximate surface area is 293 Å². The molecule has 7 aromatic carbocycles. The third-order valence-electron chi connectivity index (χ3n) is 9.88. The normalized spacial score (nSPS) is 13.1. The summed E-state index contributed by atoms with van der Waals surface area (Å²) < 4.78 is 0. The Balaban J connectivity index is 1.03. The third-order valence-corrected chi connectivity index (χ3v) is 9.88. The topological polar surface area (TPSA) is 25.8 Å². The summed E-state index contributed by atoms with van der Waals surface area (Å²) in [5.74, 6) is 1.08. The van der Waals surface area contributed by atoms with Gasteiger partial charge in [0.1, 0.15) is 0 Å². The molecule has 0 radical (unpaired) electrons. The maximum atomic E-state index is 5.05. The van der Waals surface area contributed by atoms with Gasteiger partial charge >= 0.3 is 0 Å². The first kappa shape index (κ1) is 29.7. The number of fused-ring (bicyclic) bond motifs is 3. The summed E-state index contributed by atoms with van der Waals surface area (Å²) in [5, 5.41) is 0. The van der Waals surface area contributed by atoms with Gasteiger partial charge in [0.2, 0.25) is 0 Å². The average molecular weight is 639 g/mol. The fourth-order valence-electron chi connectivity index (χ4n) is 7.34. The van der Waals surface area contributed by atoms with Gasteiger partial charge in [-0.3, -0.25) is 0 Å². The minimum Gasteiger partial charge on any atom is -0.228 e. The van der Waals surface area contributed by atoms with E-state index >= 15 is 0 Å². The van der Waals surface area contributed by atoms with E-state index in [1.54, 1.807) is 0 Å². The van der Waals surface area contributed by atoms with Crippen molar-refractivity contribution in [1.29, 1.82) is 0 Å². The Hall–Kier alpha value is -6.38. The van der Waals surface area contributed by atoms with Crippen LogP contribution in [0.3, 0.4) is 0 Å². The molecule has 8 aromatic rings. The maximum Gasteiger partial charge on any atom is 0.160 e. The van der Waals surface area contributed by atoms with Gasteiger partial charge < -0.3 is 0 Å². The van der Waals surface area contributed by atoms with E-state index in [1.807, 2.05) is 36.4 Å². The van der Waals surface area contributed by atoms with Crippen LogP contribution >= 0.6 is 0 Å². The van der Waals surface area contributed by atoms with Gasteiger partial charge in [-0.2, -0.15) is 0 Å². The lowest BCUT2D eigenvalue weighted by Crippen LogP contribution is -2.01. The summed E-state index contributed by atoms with van der Waals surface area (Å²) in [6, 6.07) is 67.0. The Morgan fingerprint density at radius 3 is 1.50 bits per heavy atom. The van der Waals surface area contributed by atoms with Crippen molar-refractivity contribution >= 4 is 0 Å². The van der Waals surface area contributed by atoms with Crippen molar-refractivity contribution in [2.75, 3.05) is 0 Å². The molecule has 236 valence electrons. The van der Waals surface area contributed by atoms with Crippen LogP contribution in [0.5, 0.6) is 0 Å². The van der Waals surface area contributed by atoms with Crippen LogP contribution in [-0.2, 0) is 6.42 Å². The quantitative estimate of drug-likeness (QED) is 0.174. The lowest BCUT2D eigenvalue weighted by molar-refractivity contribution is 0.827. The molecule has 1 unspecified atom stereocenters. The highest BCUT2D eigenvalue weighted by atomic mass is 14.9. The molecule has 50 heavy (non-hydrogen) atoms. The summed E-state index contributed by atoms with van der Waals surface area (Å²) in [4.78, 5) is 10.1. The van der Waals surface area contributed by atoms with E-state index in [1.165, 1.54) is 38.9 Å². The molecular weight excluding hydrogens is 605 g/mol. The smallest absolute Gasteiger partial charge is 0.160 e. The summed E-state index contributed by atoms with van der Waals surface area (Å²) in [7, 11) is 0. The first-order chi connectivity index (χ1) is 24.8. The van der Waals surface area contributed by atoms with Gasteiger partial charge in [0.25, 0.3) is 0 Å². The molecule has 1 aliphatic rings. The Morgan fingerprint density at radius 2 is 0.840 bits per heavy atom. The van der Waals surface area contributed by atoms with Gasteiger partial charge in [-0.15, -0.1) is 0 Å². The largest absolute Gasteiger partial charge is 0.228 e. The summed E-state index contributed by atoms with van der Waals surface area (Å²) in [6.07, 6.45) is 1.01. The van der Waals surface area contributed by atoms with Crippen LogP contribution in [0.15, 0.2) is 188 Å². The van der Waals surface area contributed by atoms with E-state index < -0.39 is 0 Å². The number of nitrogens with zero attached hydrogens (tertiary/aromatic N) is 2. The molecule has 1 aromatic heterocycles. The number of hydrogen-bond acceptors (Lipinski definition) is 2. The van der Waals surface area contributed by atoms with Crippen LogP contribution < -0.4 is 0 Å². The van der Waals surface area contributed by atoms with Crippen molar-refractivity contribution in [3.8, 4) is 67.3 Å². The van der Waals surface area contributed by atoms with Crippen molar-refractivity contribution in [1.82, 2.24) is 9.97 Å². The molecule has 0 aliphatic heterocycles. The maximum absolute atomic E-state index is 5.05. The highest BCUT2D eigenvalue weighted by Gasteiger charge is 2.28. The predicted molar refractivity (Wildman–Crippen MR) is 207 cm³/mol. The Morgan fingerprint density at radius 1 is 0.340 bits per heavy atom. The second-order valence-corrected chi connectivity index (χ2v) is 13.0. The summed E-state index contributed by atoms with van der Waals surface area (Å²) in [5.41, 5.74) is 16.6. The van der Waals surface area contributed by atoms with Crippen LogP contribution in [0.4, 0.5) is 0 Å². The minimum atomic E-state index is 0.369. The number of rotatable bonds is 7. The van der Waals surface area contributed by atoms with Crippen LogP contribution in [-0.4, -0.2) is 9.97 Å². The van der Waals surface area contributed by atoms with Crippen molar-refractivity contribution < 1.29 is 0 Å². The van der Waals surface area contributed by atoms with E-state index in [-0.39, 0.29) is 0 Å².